The van der Waals surface area contributed by atoms with Crippen molar-refractivity contribution in [2.45, 2.75) is 6.54 Å². The Morgan fingerprint density at radius 2 is 2.35 bits per heavy atom. The van der Waals surface area contributed by atoms with Gasteiger partial charge in [0.2, 0.25) is 5.91 Å². The van der Waals surface area contributed by atoms with Gasteiger partial charge in [-0.1, -0.05) is 6.07 Å². The second kappa shape index (κ2) is 4.92. The van der Waals surface area contributed by atoms with Crippen molar-refractivity contribution in [1.29, 1.82) is 0 Å². The van der Waals surface area contributed by atoms with Crippen LogP contribution >= 0.6 is 11.3 Å². The molecule has 0 N–H and O–H groups in total. The number of anilines is 1. The average Bonchev–Trinajstić information content (AvgIpc) is 2.84. The smallest absolute Gasteiger partial charge is 0.250 e. The van der Waals surface area contributed by atoms with E-state index in [0.717, 1.165) is 0 Å². The Morgan fingerprint density at radius 3 is 3.00 bits per heavy atom. The third kappa shape index (κ3) is 2.59. The van der Waals surface area contributed by atoms with E-state index < -0.39 is 0 Å². The Morgan fingerprint density at radius 1 is 1.53 bits per heavy atom. The minimum atomic E-state index is -0.187. The number of hydrogen-bond donors (Lipinski definition) is 0. The lowest BCUT2D eigenvalue weighted by Gasteiger charge is -2.14. The third-order valence-electron chi connectivity index (χ3n) is 2.28. The van der Waals surface area contributed by atoms with E-state index >= 15 is 0 Å². The maximum atomic E-state index is 11.9. The second-order valence-electron chi connectivity index (χ2n) is 3.43. The van der Waals surface area contributed by atoms with Gasteiger partial charge >= 0.3 is 0 Å². The monoisotopic (exact) mass is 249 g/mol. The highest BCUT2D eigenvalue weighted by Gasteiger charge is 2.13. The van der Waals surface area contributed by atoms with Gasteiger partial charge in [-0.25, -0.2) is 4.98 Å². The largest absolute Gasteiger partial charge is 0.306 e. The quantitative estimate of drug-likeness (QED) is 0.814. The molecule has 5 nitrogen and oxygen atoms in total. The van der Waals surface area contributed by atoms with Crippen LogP contribution in [0.25, 0.3) is 0 Å². The molecule has 88 valence electrons. The Bertz CT molecular complexity index is 562. The van der Waals surface area contributed by atoms with Gasteiger partial charge in [0, 0.05) is 30.9 Å². The lowest BCUT2D eigenvalue weighted by atomic mass is 10.4. The minimum Gasteiger partial charge on any atom is -0.306 e. The van der Waals surface area contributed by atoms with Crippen molar-refractivity contribution in [3.63, 3.8) is 0 Å². The fourth-order valence-corrected chi connectivity index (χ4v) is 1.96. The van der Waals surface area contributed by atoms with E-state index in [9.17, 15) is 9.59 Å². The number of carbonyl (C=O) groups is 1. The zero-order chi connectivity index (χ0) is 12.3. The molecule has 0 atom stereocenters. The summed E-state index contributed by atoms with van der Waals surface area (Å²) < 4.78 is 1.37. The second-order valence-corrected chi connectivity index (χ2v) is 4.31. The topological polar surface area (TPSA) is 55.2 Å². The molecule has 0 saturated carbocycles. The molecule has 2 heterocycles. The number of hydrogen-bond acceptors (Lipinski definition) is 4. The maximum absolute atomic E-state index is 11.9. The highest BCUT2D eigenvalue weighted by Crippen LogP contribution is 2.15. The summed E-state index contributed by atoms with van der Waals surface area (Å²) in [5.41, 5.74) is -0.187. The number of rotatable bonds is 3. The van der Waals surface area contributed by atoms with Gasteiger partial charge in [-0.2, -0.15) is 0 Å². The summed E-state index contributed by atoms with van der Waals surface area (Å²) in [6, 6.07) is 4.79. The van der Waals surface area contributed by atoms with Crippen LogP contribution in [0.5, 0.6) is 0 Å². The summed E-state index contributed by atoms with van der Waals surface area (Å²) in [4.78, 5) is 28.8. The van der Waals surface area contributed by atoms with Gasteiger partial charge in [-0.3, -0.25) is 14.5 Å². The molecule has 0 aliphatic rings. The van der Waals surface area contributed by atoms with Crippen LogP contribution in [0, 0.1) is 0 Å². The molecule has 0 fully saturated rings. The van der Waals surface area contributed by atoms with Gasteiger partial charge in [0.05, 0.1) is 0 Å². The Kier molecular flexibility index (Phi) is 3.34. The first-order chi connectivity index (χ1) is 8.18. The van der Waals surface area contributed by atoms with E-state index in [1.165, 1.54) is 26.9 Å². The molecule has 1 amide bonds. The molecule has 2 aromatic rings. The number of nitrogens with zero attached hydrogens (tertiary/aromatic N) is 3. The van der Waals surface area contributed by atoms with Gasteiger partial charge in [-0.15, -0.1) is 11.3 Å². The summed E-state index contributed by atoms with van der Waals surface area (Å²) in [6.45, 7) is 0.0236. The molecule has 0 aliphatic carbocycles. The van der Waals surface area contributed by atoms with Gasteiger partial charge < -0.3 is 4.57 Å². The molecular weight excluding hydrogens is 238 g/mol. The first-order valence-electron chi connectivity index (χ1n) is 5.00. The first-order valence-corrected chi connectivity index (χ1v) is 5.88. The van der Waals surface area contributed by atoms with Crippen molar-refractivity contribution >= 4 is 22.4 Å². The molecular formula is C11H11N3O2S. The van der Waals surface area contributed by atoms with Gasteiger partial charge in [-0.05, 0) is 6.07 Å². The van der Waals surface area contributed by atoms with E-state index in [-0.39, 0.29) is 18.0 Å². The van der Waals surface area contributed by atoms with Gasteiger partial charge in [0.1, 0.15) is 6.54 Å². The van der Waals surface area contributed by atoms with E-state index in [1.807, 2.05) is 0 Å². The van der Waals surface area contributed by atoms with E-state index in [2.05, 4.69) is 4.98 Å². The SMILES string of the molecule is CN(C(=O)Cn1ccccc1=O)c1nccs1. The van der Waals surface area contributed by atoms with Crippen LogP contribution in [0.3, 0.4) is 0 Å². The van der Waals surface area contributed by atoms with Crippen LogP contribution in [0.2, 0.25) is 0 Å². The van der Waals surface area contributed by atoms with Crippen LogP contribution in [0.15, 0.2) is 40.8 Å². The maximum Gasteiger partial charge on any atom is 0.250 e. The molecule has 17 heavy (non-hydrogen) atoms. The highest BCUT2D eigenvalue weighted by atomic mass is 32.1. The zero-order valence-electron chi connectivity index (χ0n) is 9.24. The molecule has 0 aromatic carbocycles. The number of aromatic nitrogens is 2. The lowest BCUT2D eigenvalue weighted by Crippen LogP contribution is -2.33. The predicted molar refractivity (Wildman–Crippen MR) is 66.2 cm³/mol. The number of likely N-dealkylation sites (N-methyl/N-ethyl adjacent to an activating group) is 1. The highest BCUT2D eigenvalue weighted by molar-refractivity contribution is 7.13. The summed E-state index contributed by atoms with van der Waals surface area (Å²) in [7, 11) is 1.65. The zero-order valence-corrected chi connectivity index (χ0v) is 10.1. The molecule has 0 saturated heterocycles. The van der Waals surface area contributed by atoms with Gasteiger partial charge in [0.25, 0.3) is 5.56 Å². The van der Waals surface area contributed by atoms with Gasteiger partial charge in [0.15, 0.2) is 5.13 Å². The molecule has 0 bridgehead atoms. The summed E-state index contributed by atoms with van der Waals surface area (Å²) >= 11 is 1.38. The van der Waals surface area contributed by atoms with E-state index in [4.69, 9.17) is 0 Å². The minimum absolute atomic E-state index is 0.0236. The van der Waals surface area contributed by atoms with E-state index in [0.29, 0.717) is 5.13 Å². The van der Waals surface area contributed by atoms with Crippen molar-refractivity contribution in [3.8, 4) is 0 Å². The van der Waals surface area contributed by atoms with Crippen molar-refractivity contribution in [3.05, 3.63) is 46.3 Å². The van der Waals surface area contributed by atoms with Crippen molar-refractivity contribution in [2.24, 2.45) is 0 Å². The Hall–Kier alpha value is -1.95. The fraction of sp³-hybridized carbons (Fsp3) is 0.182. The van der Waals surface area contributed by atoms with Crippen molar-refractivity contribution in [1.82, 2.24) is 9.55 Å². The molecule has 0 spiro atoms. The van der Waals surface area contributed by atoms with Crippen LogP contribution in [0.1, 0.15) is 0 Å². The molecule has 0 unspecified atom stereocenters. The molecule has 0 aliphatic heterocycles. The van der Waals surface area contributed by atoms with E-state index in [1.54, 1.807) is 37.0 Å². The standard InChI is InChI=1S/C11H11N3O2S/c1-13(11-12-5-7-17-11)10(16)8-14-6-3-2-4-9(14)15/h2-7H,8H2,1H3. The summed E-state index contributed by atoms with van der Waals surface area (Å²) in [6.07, 6.45) is 3.23. The third-order valence-corrected chi connectivity index (χ3v) is 3.13. The molecule has 2 aromatic heterocycles. The van der Waals surface area contributed by atoms with Crippen molar-refractivity contribution < 1.29 is 4.79 Å². The first kappa shape index (κ1) is 11.5. The summed E-state index contributed by atoms with van der Waals surface area (Å²) in [5, 5.41) is 2.42. The Balaban J connectivity index is 2.13. The molecule has 6 heteroatoms. The van der Waals surface area contributed by atoms with Crippen LogP contribution in [-0.2, 0) is 11.3 Å². The number of pyridine rings is 1. The number of thiazole rings is 1. The van der Waals surface area contributed by atoms with Crippen LogP contribution in [0.4, 0.5) is 5.13 Å². The van der Waals surface area contributed by atoms with Crippen molar-refractivity contribution in [2.75, 3.05) is 11.9 Å². The lowest BCUT2D eigenvalue weighted by molar-refractivity contribution is -0.118. The normalized spacial score (nSPS) is 10.2. The Labute approximate surface area is 102 Å². The fourth-order valence-electron chi connectivity index (χ4n) is 1.33. The van der Waals surface area contributed by atoms with Crippen LogP contribution in [-0.4, -0.2) is 22.5 Å². The number of amides is 1. The molecule has 2 rings (SSSR count). The van der Waals surface area contributed by atoms with Crippen LogP contribution < -0.4 is 10.5 Å². The molecule has 0 radical (unpaired) electrons. The predicted octanol–water partition coefficient (Wildman–Crippen LogP) is 0.968. The number of carbonyl (C=O) groups excluding carboxylic acids is 1. The summed E-state index contributed by atoms with van der Waals surface area (Å²) in [5.74, 6) is -0.173. The average molecular weight is 249 g/mol.